The van der Waals surface area contributed by atoms with Crippen molar-refractivity contribution in [1.82, 2.24) is 14.4 Å². The second-order valence-electron chi connectivity index (χ2n) is 7.39. The number of aromatic nitrogens is 3. The lowest BCUT2D eigenvalue weighted by atomic mass is 10.1. The number of carbonyl (C=O) groups is 1. The van der Waals surface area contributed by atoms with Gasteiger partial charge >= 0.3 is 0 Å². The molecule has 7 nitrogen and oxygen atoms in total. The van der Waals surface area contributed by atoms with Crippen molar-refractivity contribution >= 4 is 23.1 Å². The van der Waals surface area contributed by atoms with E-state index >= 15 is 0 Å². The van der Waals surface area contributed by atoms with Crippen LogP contribution in [0.15, 0.2) is 61.1 Å². The van der Waals surface area contributed by atoms with E-state index in [2.05, 4.69) is 21.7 Å². The van der Waals surface area contributed by atoms with E-state index in [4.69, 9.17) is 9.72 Å². The lowest BCUT2D eigenvalue weighted by molar-refractivity contribution is -0.115. The molecule has 2 aromatic heterocycles. The number of rotatable bonds is 7. The smallest absolute Gasteiger partial charge is 0.226 e. The molecule has 0 atom stereocenters. The zero-order chi connectivity index (χ0) is 21.8. The van der Waals surface area contributed by atoms with E-state index in [1.165, 1.54) is 5.56 Å². The Kier molecular flexibility index (Phi) is 5.84. The van der Waals surface area contributed by atoms with Crippen molar-refractivity contribution in [3.05, 3.63) is 72.2 Å². The Bertz CT molecular complexity index is 1210. The molecule has 4 rings (SSSR count). The standard InChI is InChI=1S/C24H25N5O2/c1-16-4-9-20(17(2)14-16)27-22(30)10-11-26-24-23(18-5-7-19(31-3)8-6-18)28-21-15-25-12-13-29(21)24/h4-9,12-15,26H,10-11H2,1-3H3,(H,27,30). The van der Waals surface area contributed by atoms with Crippen LogP contribution in [0.1, 0.15) is 17.5 Å². The Hall–Kier alpha value is -3.87. The summed E-state index contributed by atoms with van der Waals surface area (Å²) in [6.45, 7) is 4.50. The van der Waals surface area contributed by atoms with Crippen molar-refractivity contribution in [1.29, 1.82) is 0 Å². The number of benzene rings is 2. The number of hydrogen-bond acceptors (Lipinski definition) is 5. The first-order chi connectivity index (χ1) is 15.0. The van der Waals surface area contributed by atoms with E-state index in [1.54, 1.807) is 19.5 Å². The number of methoxy groups -OCH3 is 1. The third kappa shape index (κ3) is 4.50. The minimum Gasteiger partial charge on any atom is -0.497 e. The summed E-state index contributed by atoms with van der Waals surface area (Å²) in [6, 6.07) is 13.7. The summed E-state index contributed by atoms with van der Waals surface area (Å²) in [5.74, 6) is 1.56. The molecule has 7 heteroatoms. The summed E-state index contributed by atoms with van der Waals surface area (Å²) < 4.78 is 7.19. The van der Waals surface area contributed by atoms with Gasteiger partial charge in [0.15, 0.2) is 5.65 Å². The fourth-order valence-electron chi connectivity index (χ4n) is 3.49. The average molecular weight is 415 g/mol. The number of hydrogen-bond donors (Lipinski definition) is 2. The van der Waals surface area contributed by atoms with Gasteiger partial charge in [-0.15, -0.1) is 0 Å². The summed E-state index contributed by atoms with van der Waals surface area (Å²) in [6.07, 6.45) is 5.61. The normalized spacial score (nSPS) is 10.8. The van der Waals surface area contributed by atoms with Crippen molar-refractivity contribution in [2.24, 2.45) is 0 Å². The second-order valence-corrected chi connectivity index (χ2v) is 7.39. The predicted molar refractivity (Wildman–Crippen MR) is 123 cm³/mol. The molecule has 0 aliphatic rings. The monoisotopic (exact) mass is 415 g/mol. The van der Waals surface area contributed by atoms with Crippen LogP contribution in [0.25, 0.3) is 16.9 Å². The number of amides is 1. The fourth-order valence-corrected chi connectivity index (χ4v) is 3.49. The molecule has 0 radical (unpaired) electrons. The first-order valence-corrected chi connectivity index (χ1v) is 10.1. The van der Waals surface area contributed by atoms with Gasteiger partial charge in [0.05, 0.1) is 13.3 Å². The third-order valence-electron chi connectivity index (χ3n) is 5.09. The summed E-state index contributed by atoms with van der Waals surface area (Å²) in [5, 5.41) is 6.37. The van der Waals surface area contributed by atoms with E-state index in [-0.39, 0.29) is 5.91 Å². The highest BCUT2D eigenvalue weighted by Gasteiger charge is 2.15. The molecule has 0 aliphatic heterocycles. The van der Waals surface area contributed by atoms with E-state index in [0.717, 1.165) is 39.7 Å². The van der Waals surface area contributed by atoms with E-state index < -0.39 is 0 Å². The van der Waals surface area contributed by atoms with Gasteiger partial charge in [-0.3, -0.25) is 14.2 Å². The van der Waals surface area contributed by atoms with E-state index in [0.29, 0.717) is 13.0 Å². The molecule has 158 valence electrons. The molecule has 31 heavy (non-hydrogen) atoms. The van der Waals surface area contributed by atoms with Gasteiger partial charge in [-0.05, 0) is 49.7 Å². The van der Waals surface area contributed by atoms with Gasteiger partial charge in [0.25, 0.3) is 0 Å². The van der Waals surface area contributed by atoms with Crippen LogP contribution < -0.4 is 15.4 Å². The molecule has 0 saturated heterocycles. The summed E-state index contributed by atoms with van der Waals surface area (Å²) in [5.41, 5.74) is 5.55. The van der Waals surface area contributed by atoms with Gasteiger partial charge in [0, 0.05) is 36.6 Å². The average Bonchev–Trinajstić information content (AvgIpc) is 3.14. The summed E-state index contributed by atoms with van der Waals surface area (Å²) in [7, 11) is 1.64. The maximum Gasteiger partial charge on any atom is 0.226 e. The molecule has 2 aromatic carbocycles. The SMILES string of the molecule is COc1ccc(-c2nc3cnccn3c2NCCC(=O)Nc2ccc(C)cc2C)cc1. The molecule has 0 saturated carbocycles. The van der Waals surface area contributed by atoms with E-state index in [9.17, 15) is 4.79 Å². The third-order valence-corrected chi connectivity index (χ3v) is 5.09. The number of nitrogens with zero attached hydrogens (tertiary/aromatic N) is 3. The number of carbonyl (C=O) groups excluding carboxylic acids is 1. The number of aryl methyl sites for hydroxylation is 2. The Balaban J connectivity index is 1.50. The molecule has 2 heterocycles. The fraction of sp³-hybridized carbons (Fsp3) is 0.208. The number of anilines is 2. The highest BCUT2D eigenvalue weighted by Crippen LogP contribution is 2.29. The first kappa shape index (κ1) is 20.4. The van der Waals surface area contributed by atoms with Crippen LogP contribution in [-0.2, 0) is 4.79 Å². The molecule has 0 bridgehead atoms. The van der Waals surface area contributed by atoms with Gasteiger partial charge in [0.1, 0.15) is 17.3 Å². The Morgan fingerprint density at radius 3 is 2.68 bits per heavy atom. The molecule has 0 fully saturated rings. The summed E-state index contributed by atoms with van der Waals surface area (Å²) in [4.78, 5) is 21.4. The van der Waals surface area contributed by atoms with Crippen molar-refractivity contribution in [3.63, 3.8) is 0 Å². The number of ether oxygens (including phenoxy) is 1. The van der Waals surface area contributed by atoms with Crippen LogP contribution >= 0.6 is 0 Å². The quantitative estimate of drug-likeness (QED) is 0.466. The van der Waals surface area contributed by atoms with E-state index in [1.807, 2.05) is 60.8 Å². The second kappa shape index (κ2) is 8.87. The lowest BCUT2D eigenvalue weighted by Crippen LogP contribution is -2.17. The molecular weight excluding hydrogens is 390 g/mol. The van der Waals surface area contributed by atoms with Crippen molar-refractivity contribution < 1.29 is 9.53 Å². The Morgan fingerprint density at radius 2 is 1.94 bits per heavy atom. The molecule has 1 amide bonds. The number of nitrogens with one attached hydrogen (secondary N) is 2. The molecule has 4 aromatic rings. The molecule has 0 aliphatic carbocycles. The van der Waals surface area contributed by atoms with Gasteiger partial charge in [-0.2, -0.15) is 0 Å². The van der Waals surface area contributed by atoms with Crippen molar-refractivity contribution in [3.8, 4) is 17.0 Å². The van der Waals surface area contributed by atoms with Crippen LogP contribution in [0.2, 0.25) is 0 Å². The maximum atomic E-state index is 12.5. The molecule has 0 spiro atoms. The zero-order valence-electron chi connectivity index (χ0n) is 17.8. The molecular formula is C24H25N5O2. The predicted octanol–water partition coefficient (Wildman–Crippen LogP) is 4.46. The Morgan fingerprint density at radius 1 is 1.13 bits per heavy atom. The molecule has 0 unspecified atom stereocenters. The topological polar surface area (TPSA) is 80.6 Å². The van der Waals surface area contributed by atoms with Crippen molar-refractivity contribution in [2.75, 3.05) is 24.3 Å². The minimum absolute atomic E-state index is 0.0408. The largest absolute Gasteiger partial charge is 0.497 e. The Labute approximate surface area is 181 Å². The maximum absolute atomic E-state index is 12.5. The van der Waals surface area contributed by atoms with Crippen LogP contribution in [-0.4, -0.2) is 33.9 Å². The van der Waals surface area contributed by atoms with Gasteiger partial charge in [-0.25, -0.2) is 4.98 Å². The minimum atomic E-state index is -0.0408. The van der Waals surface area contributed by atoms with Crippen LogP contribution in [0.3, 0.4) is 0 Å². The first-order valence-electron chi connectivity index (χ1n) is 10.1. The highest BCUT2D eigenvalue weighted by atomic mass is 16.5. The van der Waals surface area contributed by atoms with Crippen LogP contribution in [0, 0.1) is 13.8 Å². The highest BCUT2D eigenvalue weighted by molar-refractivity contribution is 5.92. The molecule has 2 N–H and O–H groups in total. The van der Waals surface area contributed by atoms with Crippen molar-refractivity contribution in [2.45, 2.75) is 20.3 Å². The van der Waals surface area contributed by atoms with Gasteiger partial charge < -0.3 is 15.4 Å². The summed E-state index contributed by atoms with van der Waals surface area (Å²) >= 11 is 0. The lowest BCUT2D eigenvalue weighted by Gasteiger charge is -2.11. The van der Waals surface area contributed by atoms with Gasteiger partial charge in [-0.1, -0.05) is 17.7 Å². The number of imidazole rings is 1. The number of fused-ring (bicyclic) bond motifs is 1. The van der Waals surface area contributed by atoms with Crippen LogP contribution in [0.5, 0.6) is 5.75 Å². The van der Waals surface area contributed by atoms with Gasteiger partial charge in [0.2, 0.25) is 5.91 Å². The zero-order valence-corrected chi connectivity index (χ0v) is 17.8. The van der Waals surface area contributed by atoms with Crippen LogP contribution in [0.4, 0.5) is 11.5 Å².